The van der Waals surface area contributed by atoms with Crippen molar-refractivity contribution in [2.24, 2.45) is 5.92 Å². The lowest BCUT2D eigenvalue weighted by Crippen LogP contribution is -2.25. The highest BCUT2D eigenvalue weighted by Crippen LogP contribution is 2.20. The second kappa shape index (κ2) is 9.23. The molecule has 0 fully saturated rings. The van der Waals surface area contributed by atoms with Gasteiger partial charge in [0.25, 0.3) is 0 Å². The van der Waals surface area contributed by atoms with E-state index < -0.39 is 5.97 Å². The number of aliphatic hydroxyl groups excluding tert-OH is 1. The van der Waals surface area contributed by atoms with Crippen LogP contribution < -0.4 is 0 Å². The molecule has 0 aliphatic carbocycles. The monoisotopic (exact) mass is 242 g/mol. The van der Waals surface area contributed by atoms with E-state index >= 15 is 0 Å². The van der Waals surface area contributed by atoms with Crippen molar-refractivity contribution >= 4 is 5.97 Å². The normalized spacial score (nSPS) is 14.1. The number of hydrogen-bond donors (Lipinski definition) is 1. The van der Waals surface area contributed by atoms with Crippen molar-refractivity contribution < 1.29 is 14.6 Å². The summed E-state index contributed by atoms with van der Waals surface area (Å²) in [7, 11) is 0. The SMILES string of the molecule is C=C(C)C(=O)OC(CO)CC(CC)CCCC. The fraction of sp³-hybridized carbons (Fsp3) is 0.786. The van der Waals surface area contributed by atoms with Crippen LogP contribution in [0.4, 0.5) is 0 Å². The van der Waals surface area contributed by atoms with Crippen LogP contribution in [-0.4, -0.2) is 23.8 Å². The second-order valence-corrected chi connectivity index (χ2v) is 4.64. The predicted molar refractivity (Wildman–Crippen MR) is 69.7 cm³/mol. The molecule has 0 aromatic heterocycles. The number of aliphatic hydroxyl groups is 1. The second-order valence-electron chi connectivity index (χ2n) is 4.64. The molecule has 0 bridgehead atoms. The summed E-state index contributed by atoms with van der Waals surface area (Å²) >= 11 is 0. The lowest BCUT2D eigenvalue weighted by Gasteiger charge is -2.21. The standard InChI is InChI=1S/C14H26O3/c1-5-7-8-12(6-2)9-13(10-15)17-14(16)11(3)4/h12-13,15H,3,5-10H2,1-2,4H3. The van der Waals surface area contributed by atoms with Crippen molar-refractivity contribution in [2.45, 2.75) is 59.0 Å². The Labute approximate surface area is 105 Å². The fourth-order valence-electron chi connectivity index (χ4n) is 1.77. The molecule has 100 valence electrons. The summed E-state index contributed by atoms with van der Waals surface area (Å²) in [6.07, 6.45) is 4.90. The van der Waals surface area contributed by atoms with Crippen molar-refractivity contribution in [2.75, 3.05) is 6.61 Å². The summed E-state index contributed by atoms with van der Waals surface area (Å²) in [6, 6.07) is 0. The molecule has 0 saturated heterocycles. The average molecular weight is 242 g/mol. The van der Waals surface area contributed by atoms with Gasteiger partial charge in [-0.3, -0.25) is 0 Å². The zero-order valence-corrected chi connectivity index (χ0v) is 11.4. The number of carbonyl (C=O) groups is 1. The molecule has 3 nitrogen and oxygen atoms in total. The van der Waals surface area contributed by atoms with Gasteiger partial charge in [0.1, 0.15) is 6.10 Å². The molecule has 0 aliphatic rings. The molecule has 0 saturated carbocycles. The highest BCUT2D eigenvalue weighted by Gasteiger charge is 2.18. The Morgan fingerprint density at radius 3 is 2.47 bits per heavy atom. The first-order valence-electron chi connectivity index (χ1n) is 6.52. The summed E-state index contributed by atoms with van der Waals surface area (Å²) in [5.41, 5.74) is 0.380. The van der Waals surface area contributed by atoms with Crippen LogP contribution in [0.3, 0.4) is 0 Å². The van der Waals surface area contributed by atoms with E-state index in [4.69, 9.17) is 4.74 Å². The van der Waals surface area contributed by atoms with Crippen molar-refractivity contribution in [3.63, 3.8) is 0 Å². The minimum atomic E-state index is -0.408. The van der Waals surface area contributed by atoms with Crippen LogP contribution in [0.1, 0.15) is 52.9 Å². The molecule has 2 atom stereocenters. The summed E-state index contributed by atoms with van der Waals surface area (Å²) in [4.78, 5) is 11.4. The van der Waals surface area contributed by atoms with Gasteiger partial charge >= 0.3 is 5.97 Å². The number of ether oxygens (including phenoxy) is 1. The smallest absolute Gasteiger partial charge is 0.333 e. The van der Waals surface area contributed by atoms with E-state index in [9.17, 15) is 9.90 Å². The minimum Gasteiger partial charge on any atom is -0.457 e. The van der Waals surface area contributed by atoms with Gasteiger partial charge < -0.3 is 9.84 Å². The molecular weight excluding hydrogens is 216 g/mol. The molecule has 1 N–H and O–H groups in total. The number of carbonyl (C=O) groups excluding carboxylic acids is 1. The Morgan fingerprint density at radius 1 is 1.41 bits per heavy atom. The Balaban J connectivity index is 4.16. The zero-order chi connectivity index (χ0) is 13.3. The van der Waals surface area contributed by atoms with Gasteiger partial charge in [-0.05, 0) is 19.3 Å². The van der Waals surface area contributed by atoms with Gasteiger partial charge in [-0.1, -0.05) is 46.1 Å². The van der Waals surface area contributed by atoms with Gasteiger partial charge in [0.15, 0.2) is 0 Å². The first kappa shape index (κ1) is 16.2. The number of unbranched alkanes of at least 4 members (excludes halogenated alkanes) is 1. The number of rotatable bonds is 9. The molecule has 0 rings (SSSR count). The Kier molecular flexibility index (Phi) is 8.78. The van der Waals surface area contributed by atoms with Gasteiger partial charge in [-0.2, -0.15) is 0 Å². The van der Waals surface area contributed by atoms with Crippen LogP contribution in [0.25, 0.3) is 0 Å². The highest BCUT2D eigenvalue weighted by molar-refractivity contribution is 5.87. The molecule has 2 unspecified atom stereocenters. The third-order valence-corrected chi connectivity index (χ3v) is 2.97. The van der Waals surface area contributed by atoms with Crippen LogP contribution in [0, 0.1) is 5.92 Å². The molecule has 0 aromatic rings. The van der Waals surface area contributed by atoms with Gasteiger partial charge in [-0.15, -0.1) is 0 Å². The van der Waals surface area contributed by atoms with Gasteiger partial charge in [-0.25, -0.2) is 4.79 Å². The zero-order valence-electron chi connectivity index (χ0n) is 11.4. The minimum absolute atomic E-state index is 0.109. The van der Waals surface area contributed by atoms with Gasteiger partial charge in [0.05, 0.1) is 6.61 Å². The van der Waals surface area contributed by atoms with E-state index in [1.165, 1.54) is 12.8 Å². The molecule has 3 heteroatoms. The summed E-state index contributed by atoms with van der Waals surface area (Å²) in [5, 5.41) is 9.22. The maximum atomic E-state index is 11.4. The molecule has 0 heterocycles. The van der Waals surface area contributed by atoms with E-state index in [-0.39, 0.29) is 12.7 Å². The molecule has 0 spiro atoms. The Bertz CT molecular complexity index is 236. The number of hydrogen-bond acceptors (Lipinski definition) is 3. The molecule has 0 radical (unpaired) electrons. The van der Waals surface area contributed by atoms with Crippen LogP contribution in [-0.2, 0) is 9.53 Å². The number of esters is 1. The lowest BCUT2D eigenvalue weighted by molar-refractivity contribution is -0.147. The first-order chi connectivity index (χ1) is 8.04. The van der Waals surface area contributed by atoms with E-state index in [0.717, 1.165) is 19.3 Å². The molecule has 0 aliphatic heterocycles. The van der Waals surface area contributed by atoms with Crippen molar-refractivity contribution in [3.8, 4) is 0 Å². The maximum Gasteiger partial charge on any atom is 0.333 e. The van der Waals surface area contributed by atoms with E-state index in [0.29, 0.717) is 11.5 Å². The van der Waals surface area contributed by atoms with Gasteiger partial charge in [0, 0.05) is 5.57 Å². The van der Waals surface area contributed by atoms with Crippen LogP contribution in [0.5, 0.6) is 0 Å². The fourth-order valence-corrected chi connectivity index (χ4v) is 1.77. The largest absolute Gasteiger partial charge is 0.457 e. The third-order valence-electron chi connectivity index (χ3n) is 2.97. The lowest BCUT2D eigenvalue weighted by atomic mass is 9.93. The summed E-state index contributed by atoms with van der Waals surface area (Å²) in [6.45, 7) is 9.34. The van der Waals surface area contributed by atoms with Gasteiger partial charge in [0.2, 0.25) is 0 Å². The molecule has 0 aromatic carbocycles. The quantitative estimate of drug-likeness (QED) is 0.499. The Hall–Kier alpha value is -0.830. The first-order valence-corrected chi connectivity index (χ1v) is 6.52. The summed E-state index contributed by atoms with van der Waals surface area (Å²) in [5.74, 6) is 0.111. The van der Waals surface area contributed by atoms with Crippen LogP contribution >= 0.6 is 0 Å². The van der Waals surface area contributed by atoms with Crippen molar-refractivity contribution in [3.05, 3.63) is 12.2 Å². The highest BCUT2D eigenvalue weighted by atomic mass is 16.6. The predicted octanol–water partition coefficient (Wildman–Crippen LogP) is 3.07. The molecule has 0 amide bonds. The summed E-state index contributed by atoms with van der Waals surface area (Å²) < 4.78 is 5.18. The van der Waals surface area contributed by atoms with E-state index in [1.807, 2.05) is 0 Å². The maximum absolute atomic E-state index is 11.4. The topological polar surface area (TPSA) is 46.5 Å². The average Bonchev–Trinajstić information content (AvgIpc) is 2.32. The van der Waals surface area contributed by atoms with Crippen molar-refractivity contribution in [1.29, 1.82) is 0 Å². The van der Waals surface area contributed by atoms with E-state index in [2.05, 4.69) is 20.4 Å². The van der Waals surface area contributed by atoms with Crippen molar-refractivity contribution in [1.82, 2.24) is 0 Å². The van der Waals surface area contributed by atoms with E-state index in [1.54, 1.807) is 6.92 Å². The van der Waals surface area contributed by atoms with Crippen LogP contribution in [0.2, 0.25) is 0 Å². The molecular formula is C14H26O3. The van der Waals surface area contributed by atoms with Crippen LogP contribution in [0.15, 0.2) is 12.2 Å². The third kappa shape index (κ3) is 7.16. The molecule has 17 heavy (non-hydrogen) atoms. The Morgan fingerprint density at radius 2 is 2.06 bits per heavy atom.